The van der Waals surface area contributed by atoms with Crippen LogP contribution in [0.15, 0.2) is 18.6 Å². The Kier molecular flexibility index (Phi) is 6.51. The van der Waals surface area contributed by atoms with E-state index in [9.17, 15) is 0 Å². The number of imidazole rings is 1. The standard InChI is InChI=1S/C17H28N4/c1-3-4-5-6-7-8-9-10-12-18-17-16-15(11-13-19-17)21(2)14-20-16/h11,13-14H,3-10,12H2,1-2H3,(H,18,19). The van der Waals surface area contributed by atoms with Crippen LogP contribution in [0.4, 0.5) is 5.82 Å². The van der Waals surface area contributed by atoms with Gasteiger partial charge >= 0.3 is 0 Å². The number of rotatable bonds is 10. The van der Waals surface area contributed by atoms with Crippen LogP contribution in [0.2, 0.25) is 0 Å². The Balaban J connectivity index is 1.64. The van der Waals surface area contributed by atoms with Crippen molar-refractivity contribution in [2.75, 3.05) is 11.9 Å². The van der Waals surface area contributed by atoms with Crippen LogP contribution in [-0.2, 0) is 7.05 Å². The van der Waals surface area contributed by atoms with E-state index in [1.165, 1.54) is 51.4 Å². The number of aromatic nitrogens is 3. The van der Waals surface area contributed by atoms with Crippen molar-refractivity contribution in [3.8, 4) is 0 Å². The number of aryl methyl sites for hydroxylation is 1. The quantitative estimate of drug-likeness (QED) is 0.654. The SMILES string of the molecule is CCCCCCCCCCNc1nccc2c1ncn2C. The van der Waals surface area contributed by atoms with Crippen molar-refractivity contribution < 1.29 is 0 Å². The Labute approximate surface area is 128 Å². The third-order valence-electron chi connectivity index (χ3n) is 3.97. The van der Waals surface area contributed by atoms with Crippen LogP contribution in [-0.4, -0.2) is 21.1 Å². The number of nitrogens with one attached hydrogen (secondary N) is 1. The van der Waals surface area contributed by atoms with Gasteiger partial charge in [-0.2, -0.15) is 0 Å². The highest BCUT2D eigenvalue weighted by Crippen LogP contribution is 2.18. The zero-order valence-electron chi connectivity index (χ0n) is 13.4. The van der Waals surface area contributed by atoms with Gasteiger partial charge in [-0.15, -0.1) is 0 Å². The summed E-state index contributed by atoms with van der Waals surface area (Å²) in [6.07, 6.45) is 14.5. The summed E-state index contributed by atoms with van der Waals surface area (Å²) >= 11 is 0. The maximum atomic E-state index is 4.41. The van der Waals surface area contributed by atoms with Crippen LogP contribution in [0.1, 0.15) is 58.3 Å². The second-order valence-corrected chi connectivity index (χ2v) is 5.78. The fourth-order valence-electron chi connectivity index (χ4n) is 2.66. The first-order valence-electron chi connectivity index (χ1n) is 8.33. The molecule has 2 aromatic heterocycles. The van der Waals surface area contributed by atoms with Crippen LogP contribution >= 0.6 is 0 Å². The predicted molar refractivity (Wildman–Crippen MR) is 89.6 cm³/mol. The molecule has 0 atom stereocenters. The molecule has 0 unspecified atom stereocenters. The third-order valence-corrected chi connectivity index (χ3v) is 3.97. The van der Waals surface area contributed by atoms with E-state index in [2.05, 4.69) is 22.2 Å². The molecule has 0 saturated carbocycles. The summed E-state index contributed by atoms with van der Waals surface area (Å²) in [5.74, 6) is 0.913. The molecule has 21 heavy (non-hydrogen) atoms. The van der Waals surface area contributed by atoms with Crippen LogP contribution in [0.5, 0.6) is 0 Å². The fraction of sp³-hybridized carbons (Fsp3) is 0.647. The first-order chi connectivity index (χ1) is 10.3. The lowest BCUT2D eigenvalue weighted by Gasteiger charge is -2.06. The molecular weight excluding hydrogens is 260 g/mol. The summed E-state index contributed by atoms with van der Waals surface area (Å²) in [6.45, 7) is 3.25. The number of nitrogens with zero attached hydrogens (tertiary/aromatic N) is 3. The lowest BCUT2D eigenvalue weighted by molar-refractivity contribution is 0.581. The van der Waals surface area contributed by atoms with Crippen molar-refractivity contribution in [3.05, 3.63) is 18.6 Å². The summed E-state index contributed by atoms with van der Waals surface area (Å²) in [4.78, 5) is 8.81. The number of pyridine rings is 1. The van der Waals surface area contributed by atoms with E-state index in [0.29, 0.717) is 0 Å². The van der Waals surface area contributed by atoms with Gasteiger partial charge in [0.2, 0.25) is 0 Å². The van der Waals surface area contributed by atoms with Crippen molar-refractivity contribution in [1.29, 1.82) is 0 Å². The number of hydrogen-bond donors (Lipinski definition) is 1. The van der Waals surface area contributed by atoms with Gasteiger partial charge in [0.25, 0.3) is 0 Å². The van der Waals surface area contributed by atoms with Gasteiger partial charge in [-0.3, -0.25) is 0 Å². The van der Waals surface area contributed by atoms with Crippen molar-refractivity contribution in [2.45, 2.75) is 58.3 Å². The average molecular weight is 288 g/mol. The van der Waals surface area contributed by atoms with Crippen LogP contribution in [0, 0.1) is 0 Å². The zero-order chi connectivity index (χ0) is 14.9. The molecular formula is C17H28N4. The summed E-state index contributed by atoms with van der Waals surface area (Å²) in [5, 5.41) is 3.43. The van der Waals surface area contributed by atoms with Crippen molar-refractivity contribution >= 4 is 16.9 Å². The van der Waals surface area contributed by atoms with Crippen LogP contribution < -0.4 is 5.32 Å². The molecule has 4 heteroatoms. The van der Waals surface area contributed by atoms with Gasteiger partial charge in [-0.1, -0.05) is 51.9 Å². The molecule has 0 aliphatic rings. The minimum absolute atomic E-state index is 0.913. The first-order valence-corrected chi connectivity index (χ1v) is 8.33. The molecule has 4 nitrogen and oxygen atoms in total. The Bertz CT molecular complexity index is 533. The molecule has 0 bridgehead atoms. The predicted octanol–water partition coefficient (Wildman–Crippen LogP) is 4.52. The fourth-order valence-corrected chi connectivity index (χ4v) is 2.66. The molecule has 2 rings (SSSR count). The molecule has 0 radical (unpaired) electrons. The minimum atomic E-state index is 0.913. The molecule has 116 valence electrons. The molecule has 2 aromatic rings. The van der Waals surface area contributed by atoms with Crippen molar-refractivity contribution in [3.63, 3.8) is 0 Å². The molecule has 0 fully saturated rings. The summed E-state index contributed by atoms with van der Waals surface area (Å²) in [7, 11) is 2.01. The van der Waals surface area contributed by atoms with E-state index in [1.807, 2.05) is 30.2 Å². The largest absolute Gasteiger partial charge is 0.368 e. The van der Waals surface area contributed by atoms with E-state index in [1.54, 1.807) is 0 Å². The van der Waals surface area contributed by atoms with E-state index in [-0.39, 0.29) is 0 Å². The third kappa shape index (κ3) is 4.73. The monoisotopic (exact) mass is 288 g/mol. The van der Waals surface area contributed by atoms with Crippen LogP contribution in [0.25, 0.3) is 11.0 Å². The van der Waals surface area contributed by atoms with Gasteiger partial charge in [0.1, 0.15) is 5.52 Å². The number of unbranched alkanes of at least 4 members (excludes halogenated alkanes) is 7. The van der Waals surface area contributed by atoms with Gasteiger partial charge < -0.3 is 9.88 Å². The Morgan fingerprint density at radius 1 is 1.00 bits per heavy atom. The van der Waals surface area contributed by atoms with E-state index in [4.69, 9.17) is 0 Å². The normalized spacial score (nSPS) is 11.1. The molecule has 0 aliphatic carbocycles. The van der Waals surface area contributed by atoms with Gasteiger partial charge in [0.15, 0.2) is 5.82 Å². The zero-order valence-corrected chi connectivity index (χ0v) is 13.4. The van der Waals surface area contributed by atoms with E-state index < -0.39 is 0 Å². The second-order valence-electron chi connectivity index (χ2n) is 5.78. The number of fused-ring (bicyclic) bond motifs is 1. The Morgan fingerprint density at radius 3 is 2.48 bits per heavy atom. The maximum Gasteiger partial charge on any atom is 0.154 e. The molecule has 0 amide bonds. The highest BCUT2D eigenvalue weighted by molar-refractivity contribution is 5.85. The first kappa shape index (κ1) is 15.8. The highest BCUT2D eigenvalue weighted by Gasteiger charge is 2.05. The van der Waals surface area contributed by atoms with Gasteiger partial charge in [-0.25, -0.2) is 9.97 Å². The van der Waals surface area contributed by atoms with Gasteiger partial charge in [0.05, 0.1) is 11.8 Å². The number of anilines is 1. The molecule has 0 aliphatic heterocycles. The van der Waals surface area contributed by atoms with E-state index >= 15 is 0 Å². The van der Waals surface area contributed by atoms with Crippen molar-refractivity contribution in [1.82, 2.24) is 14.5 Å². The molecule has 0 saturated heterocycles. The lowest BCUT2D eigenvalue weighted by atomic mass is 10.1. The minimum Gasteiger partial charge on any atom is -0.368 e. The van der Waals surface area contributed by atoms with Gasteiger partial charge in [0, 0.05) is 19.8 Å². The molecule has 0 spiro atoms. The number of hydrogen-bond acceptors (Lipinski definition) is 3. The topological polar surface area (TPSA) is 42.7 Å². The van der Waals surface area contributed by atoms with E-state index in [0.717, 1.165) is 23.4 Å². The summed E-state index contributed by atoms with van der Waals surface area (Å²) < 4.78 is 2.03. The Hall–Kier alpha value is -1.58. The van der Waals surface area contributed by atoms with Gasteiger partial charge in [-0.05, 0) is 12.5 Å². The van der Waals surface area contributed by atoms with Crippen LogP contribution in [0.3, 0.4) is 0 Å². The average Bonchev–Trinajstić information content (AvgIpc) is 2.88. The molecule has 2 heterocycles. The molecule has 1 N–H and O–H groups in total. The second kappa shape index (κ2) is 8.65. The highest BCUT2D eigenvalue weighted by atomic mass is 15.1. The lowest BCUT2D eigenvalue weighted by Crippen LogP contribution is -2.04. The summed E-state index contributed by atoms with van der Waals surface area (Å²) in [6, 6.07) is 2.00. The maximum absolute atomic E-state index is 4.41. The Morgan fingerprint density at radius 2 is 1.71 bits per heavy atom. The smallest absolute Gasteiger partial charge is 0.154 e. The molecule has 0 aromatic carbocycles. The van der Waals surface area contributed by atoms with Crippen molar-refractivity contribution in [2.24, 2.45) is 7.05 Å². The summed E-state index contributed by atoms with van der Waals surface area (Å²) in [5.41, 5.74) is 2.10.